The lowest BCUT2D eigenvalue weighted by Crippen LogP contribution is -2.46. The molecule has 1 fully saturated rings. The lowest BCUT2D eigenvalue weighted by atomic mass is 10.2. The average molecular weight is 441 g/mol. The summed E-state index contributed by atoms with van der Waals surface area (Å²) in [5, 5.41) is 7.29. The Morgan fingerprint density at radius 3 is 2.68 bits per heavy atom. The Bertz CT molecular complexity index is 1200. The first-order valence-corrected chi connectivity index (χ1v) is 10.3. The third kappa shape index (κ3) is 4.76. The van der Waals surface area contributed by atoms with Crippen LogP contribution in [0.15, 0.2) is 64.2 Å². The molecule has 3 aromatic rings. The van der Waals surface area contributed by atoms with Crippen molar-refractivity contribution in [2.75, 3.05) is 13.2 Å². The van der Waals surface area contributed by atoms with Crippen LogP contribution >= 0.6 is 11.6 Å². The molecule has 1 aliphatic heterocycles. The number of rotatable bonds is 6. The highest BCUT2D eigenvalue weighted by atomic mass is 35.5. The number of carbonyl (C=O) groups excluding carboxylic acids is 1. The van der Waals surface area contributed by atoms with Gasteiger partial charge < -0.3 is 10.1 Å². The van der Waals surface area contributed by atoms with Gasteiger partial charge in [-0.2, -0.15) is 9.78 Å². The Balaban J connectivity index is 1.75. The molecule has 0 aliphatic carbocycles. The molecule has 160 valence electrons. The van der Waals surface area contributed by atoms with Crippen molar-refractivity contribution in [1.29, 1.82) is 0 Å². The Morgan fingerprint density at radius 1 is 1.16 bits per heavy atom. The van der Waals surface area contributed by atoms with Crippen LogP contribution in [-0.2, 0) is 11.3 Å². The summed E-state index contributed by atoms with van der Waals surface area (Å²) in [6.07, 6.45) is 1.69. The minimum Gasteiger partial charge on any atom is -0.376 e. The first-order chi connectivity index (χ1) is 15.0. The van der Waals surface area contributed by atoms with Crippen LogP contribution in [0.4, 0.5) is 0 Å². The van der Waals surface area contributed by atoms with Crippen LogP contribution in [0.5, 0.6) is 0 Å². The first-order valence-electron chi connectivity index (χ1n) is 9.97. The second-order valence-electron chi connectivity index (χ2n) is 7.24. The van der Waals surface area contributed by atoms with E-state index in [4.69, 9.17) is 16.3 Å². The predicted molar refractivity (Wildman–Crippen MR) is 116 cm³/mol. The number of amides is 1. The van der Waals surface area contributed by atoms with E-state index in [0.717, 1.165) is 22.1 Å². The maximum absolute atomic E-state index is 13.1. The van der Waals surface area contributed by atoms with Gasteiger partial charge in [-0.25, -0.2) is 4.79 Å². The number of nitrogens with one attached hydrogen (secondary N) is 1. The SMILES string of the molecule is O=C(NCC1CCCO1)c1nn(-c2ccccc2)c(=O)n(Cc2cccc(Cl)c2)c1=O. The Hall–Kier alpha value is -3.23. The van der Waals surface area contributed by atoms with E-state index in [9.17, 15) is 14.4 Å². The molecule has 2 aromatic carbocycles. The third-order valence-corrected chi connectivity index (χ3v) is 5.25. The summed E-state index contributed by atoms with van der Waals surface area (Å²) in [6, 6.07) is 15.5. The van der Waals surface area contributed by atoms with Gasteiger partial charge in [0.25, 0.3) is 11.5 Å². The molecule has 1 aliphatic rings. The van der Waals surface area contributed by atoms with E-state index >= 15 is 0 Å². The van der Waals surface area contributed by atoms with Gasteiger partial charge in [0.15, 0.2) is 0 Å². The van der Waals surface area contributed by atoms with E-state index in [1.54, 1.807) is 54.6 Å². The highest BCUT2D eigenvalue weighted by Crippen LogP contribution is 2.12. The smallest absolute Gasteiger partial charge is 0.352 e. The van der Waals surface area contributed by atoms with Crippen LogP contribution in [-0.4, -0.2) is 39.5 Å². The molecule has 31 heavy (non-hydrogen) atoms. The van der Waals surface area contributed by atoms with Crippen molar-refractivity contribution in [2.24, 2.45) is 0 Å². The van der Waals surface area contributed by atoms with E-state index in [1.807, 2.05) is 0 Å². The summed E-state index contributed by atoms with van der Waals surface area (Å²) in [5.74, 6) is -0.648. The Kier molecular flexibility index (Phi) is 6.29. The predicted octanol–water partition coefficient (Wildman–Crippen LogP) is 2.00. The van der Waals surface area contributed by atoms with Gasteiger partial charge in [-0.15, -0.1) is 0 Å². The van der Waals surface area contributed by atoms with E-state index in [0.29, 0.717) is 22.9 Å². The topological polar surface area (TPSA) is 95.2 Å². The number of nitrogens with zero attached hydrogens (tertiary/aromatic N) is 3. The molecule has 4 rings (SSSR count). The minimum atomic E-state index is -0.762. The van der Waals surface area contributed by atoms with Crippen molar-refractivity contribution >= 4 is 17.5 Å². The zero-order valence-corrected chi connectivity index (χ0v) is 17.4. The van der Waals surface area contributed by atoms with Gasteiger partial charge in [0.1, 0.15) is 0 Å². The van der Waals surface area contributed by atoms with Crippen molar-refractivity contribution < 1.29 is 9.53 Å². The fourth-order valence-electron chi connectivity index (χ4n) is 3.45. The van der Waals surface area contributed by atoms with E-state index in [-0.39, 0.29) is 24.9 Å². The second kappa shape index (κ2) is 9.28. The molecular formula is C22H21ClN4O4. The highest BCUT2D eigenvalue weighted by molar-refractivity contribution is 6.30. The summed E-state index contributed by atoms with van der Waals surface area (Å²) < 4.78 is 7.56. The number of ether oxygens (including phenoxy) is 1. The number of aromatic nitrogens is 3. The van der Waals surface area contributed by atoms with Crippen molar-refractivity contribution in [3.05, 3.63) is 91.7 Å². The van der Waals surface area contributed by atoms with Crippen LogP contribution in [0.2, 0.25) is 5.02 Å². The second-order valence-corrected chi connectivity index (χ2v) is 7.68. The zero-order chi connectivity index (χ0) is 21.8. The Morgan fingerprint density at radius 2 is 1.97 bits per heavy atom. The maximum Gasteiger partial charge on any atom is 0.352 e. The average Bonchev–Trinajstić information content (AvgIpc) is 3.29. The van der Waals surface area contributed by atoms with Crippen LogP contribution in [0.25, 0.3) is 5.69 Å². The summed E-state index contributed by atoms with van der Waals surface area (Å²) >= 11 is 6.04. The van der Waals surface area contributed by atoms with Crippen molar-refractivity contribution in [3.8, 4) is 5.69 Å². The summed E-state index contributed by atoms with van der Waals surface area (Å²) in [6.45, 7) is 0.891. The summed E-state index contributed by atoms with van der Waals surface area (Å²) in [5.41, 5.74) is -0.666. The summed E-state index contributed by atoms with van der Waals surface area (Å²) in [7, 11) is 0. The summed E-state index contributed by atoms with van der Waals surface area (Å²) in [4.78, 5) is 39.0. The quantitative estimate of drug-likeness (QED) is 0.632. The number of halogens is 1. The Labute approximate surface area is 183 Å². The van der Waals surface area contributed by atoms with Gasteiger partial charge in [0, 0.05) is 18.2 Å². The molecule has 1 aromatic heterocycles. The minimum absolute atomic E-state index is 0.0421. The van der Waals surface area contributed by atoms with Crippen molar-refractivity contribution in [1.82, 2.24) is 19.7 Å². The largest absolute Gasteiger partial charge is 0.376 e. The van der Waals surface area contributed by atoms with E-state index in [1.165, 1.54) is 0 Å². The van der Waals surface area contributed by atoms with Gasteiger partial charge in [-0.3, -0.25) is 14.2 Å². The molecule has 1 atom stereocenters. The maximum atomic E-state index is 13.1. The number of carbonyl (C=O) groups is 1. The monoisotopic (exact) mass is 440 g/mol. The van der Waals surface area contributed by atoms with Crippen LogP contribution in [0.1, 0.15) is 28.9 Å². The molecule has 1 unspecified atom stereocenters. The standard InChI is InChI=1S/C22H21ClN4O4/c23-16-7-4-6-15(12-16)14-26-21(29)19(20(28)24-13-18-10-5-11-31-18)25-27(22(26)30)17-8-2-1-3-9-17/h1-4,6-9,12,18H,5,10-11,13-14H2,(H,24,28). The molecule has 8 nitrogen and oxygen atoms in total. The van der Waals surface area contributed by atoms with Crippen LogP contribution in [0.3, 0.4) is 0 Å². The van der Waals surface area contributed by atoms with Gasteiger partial charge in [0.2, 0.25) is 5.69 Å². The molecule has 1 amide bonds. The lowest BCUT2D eigenvalue weighted by molar-refractivity contribution is 0.0849. The fraction of sp³-hybridized carbons (Fsp3) is 0.273. The van der Waals surface area contributed by atoms with Crippen molar-refractivity contribution in [3.63, 3.8) is 0 Å². The van der Waals surface area contributed by atoms with Gasteiger partial charge in [0.05, 0.1) is 18.3 Å². The van der Waals surface area contributed by atoms with Gasteiger partial charge in [-0.05, 0) is 42.7 Å². The number of para-hydroxylation sites is 1. The van der Waals surface area contributed by atoms with Gasteiger partial charge in [-0.1, -0.05) is 41.9 Å². The third-order valence-electron chi connectivity index (χ3n) is 5.02. The first kappa shape index (κ1) is 21.0. The van der Waals surface area contributed by atoms with E-state index < -0.39 is 17.2 Å². The highest BCUT2D eigenvalue weighted by Gasteiger charge is 2.22. The molecule has 0 spiro atoms. The normalized spacial score (nSPS) is 15.7. The molecule has 1 saturated heterocycles. The fourth-order valence-corrected chi connectivity index (χ4v) is 3.66. The molecule has 2 heterocycles. The molecular weight excluding hydrogens is 420 g/mol. The van der Waals surface area contributed by atoms with Crippen molar-refractivity contribution in [2.45, 2.75) is 25.5 Å². The van der Waals surface area contributed by atoms with Gasteiger partial charge >= 0.3 is 5.69 Å². The molecule has 1 N–H and O–H groups in total. The molecule has 9 heteroatoms. The van der Waals surface area contributed by atoms with Crippen LogP contribution < -0.4 is 16.6 Å². The van der Waals surface area contributed by atoms with E-state index in [2.05, 4.69) is 10.4 Å². The zero-order valence-electron chi connectivity index (χ0n) is 16.7. The van der Waals surface area contributed by atoms with Crippen LogP contribution in [0, 0.1) is 0 Å². The molecule has 0 saturated carbocycles. The molecule has 0 bridgehead atoms. The molecule has 0 radical (unpaired) electrons. The number of benzene rings is 2. The number of hydrogen-bond donors (Lipinski definition) is 1. The number of hydrogen-bond acceptors (Lipinski definition) is 5. The lowest BCUT2D eigenvalue weighted by Gasteiger charge is -2.14.